The van der Waals surface area contributed by atoms with Crippen LogP contribution in [-0.4, -0.2) is 42.6 Å². The Balaban J connectivity index is 2.09. The Hall–Kier alpha value is 0.270. The first-order valence-corrected chi connectivity index (χ1v) is 6.96. The summed E-state index contributed by atoms with van der Waals surface area (Å²) in [6, 6.07) is 0.826. The van der Waals surface area contributed by atoms with Crippen molar-refractivity contribution in [3.05, 3.63) is 0 Å². The van der Waals surface area contributed by atoms with Crippen LogP contribution in [0.5, 0.6) is 0 Å². The van der Waals surface area contributed by atoms with Gasteiger partial charge in [-0.3, -0.25) is 0 Å². The Bertz CT molecular complexity index is 186. The minimum atomic E-state index is 0.790. The molecule has 0 saturated carbocycles. The quantitative estimate of drug-likeness (QED) is 0.715. The van der Waals surface area contributed by atoms with Gasteiger partial charge in [0.15, 0.2) is 0 Å². The van der Waals surface area contributed by atoms with Gasteiger partial charge in [0.05, 0.1) is 0 Å². The van der Waals surface area contributed by atoms with Crippen molar-refractivity contribution in [2.75, 3.05) is 31.6 Å². The maximum Gasteiger partial charge on any atom is 0.0139 e. The molecule has 3 unspecified atom stereocenters. The topological polar surface area (TPSA) is 29.3 Å². The fraction of sp³-hybridized carbons (Fsp3) is 1.00. The molecule has 0 radical (unpaired) electrons. The van der Waals surface area contributed by atoms with Crippen LogP contribution in [0.25, 0.3) is 0 Å². The third kappa shape index (κ3) is 2.10. The third-order valence-electron chi connectivity index (χ3n) is 3.92. The molecule has 0 aromatic heterocycles. The lowest BCUT2D eigenvalue weighted by Crippen LogP contribution is -2.44. The summed E-state index contributed by atoms with van der Waals surface area (Å²) in [4.78, 5) is 2.58. The van der Waals surface area contributed by atoms with Gasteiger partial charge in [-0.1, -0.05) is 0 Å². The van der Waals surface area contributed by atoms with E-state index in [9.17, 15) is 0 Å². The van der Waals surface area contributed by atoms with Gasteiger partial charge in [-0.05, 0) is 62.7 Å². The minimum Gasteiger partial charge on any atom is -0.330 e. The molecule has 3 heteroatoms. The van der Waals surface area contributed by atoms with E-state index in [1.807, 2.05) is 0 Å². The molecule has 0 aromatic carbocycles. The van der Waals surface area contributed by atoms with Crippen LogP contribution >= 0.6 is 11.8 Å². The lowest BCUT2D eigenvalue weighted by atomic mass is 9.84. The van der Waals surface area contributed by atoms with Gasteiger partial charge < -0.3 is 10.6 Å². The van der Waals surface area contributed by atoms with Gasteiger partial charge in [0.25, 0.3) is 0 Å². The van der Waals surface area contributed by atoms with E-state index in [1.54, 1.807) is 0 Å². The predicted octanol–water partition coefficient (Wildman–Crippen LogP) is 1.41. The summed E-state index contributed by atoms with van der Waals surface area (Å²) in [5.74, 6) is 4.35. The fourth-order valence-corrected chi connectivity index (χ4v) is 4.36. The second kappa shape index (κ2) is 4.86. The molecule has 2 rings (SSSR count). The molecular formula is C11H22N2S. The molecule has 0 bridgehead atoms. The van der Waals surface area contributed by atoms with Gasteiger partial charge in [0.1, 0.15) is 0 Å². The summed E-state index contributed by atoms with van der Waals surface area (Å²) >= 11 is 2.13. The molecule has 2 saturated heterocycles. The van der Waals surface area contributed by atoms with Gasteiger partial charge in [-0.25, -0.2) is 0 Å². The number of thioether (sulfide) groups is 1. The summed E-state index contributed by atoms with van der Waals surface area (Å²) in [5, 5.41) is 0. The summed E-state index contributed by atoms with van der Waals surface area (Å²) in [6.07, 6.45) is 4.07. The number of rotatable bonds is 1. The number of nitrogens with two attached hydrogens (primary N) is 1. The first kappa shape index (κ1) is 10.8. The average molecular weight is 214 g/mol. The van der Waals surface area contributed by atoms with E-state index in [4.69, 9.17) is 5.73 Å². The molecule has 0 amide bonds. The van der Waals surface area contributed by atoms with E-state index in [0.29, 0.717) is 0 Å². The van der Waals surface area contributed by atoms with Gasteiger partial charge in [0, 0.05) is 6.04 Å². The maximum absolute atomic E-state index is 5.90. The zero-order chi connectivity index (χ0) is 9.97. The van der Waals surface area contributed by atoms with Crippen molar-refractivity contribution in [2.24, 2.45) is 17.6 Å². The molecule has 2 aliphatic rings. The molecule has 0 aromatic rings. The molecular weight excluding hydrogens is 192 g/mol. The van der Waals surface area contributed by atoms with Gasteiger partial charge >= 0.3 is 0 Å². The number of hydrogen-bond acceptors (Lipinski definition) is 3. The van der Waals surface area contributed by atoms with Crippen LogP contribution in [0.2, 0.25) is 0 Å². The van der Waals surface area contributed by atoms with E-state index in [-0.39, 0.29) is 0 Å². The van der Waals surface area contributed by atoms with Crippen molar-refractivity contribution in [2.45, 2.75) is 25.3 Å². The lowest BCUT2D eigenvalue weighted by molar-refractivity contribution is 0.169. The van der Waals surface area contributed by atoms with Crippen molar-refractivity contribution >= 4 is 11.8 Å². The molecule has 82 valence electrons. The first-order valence-electron chi connectivity index (χ1n) is 5.81. The van der Waals surface area contributed by atoms with Crippen molar-refractivity contribution in [3.63, 3.8) is 0 Å². The Morgan fingerprint density at radius 2 is 2.29 bits per heavy atom. The summed E-state index contributed by atoms with van der Waals surface area (Å²) in [5.41, 5.74) is 5.90. The highest BCUT2D eigenvalue weighted by Crippen LogP contribution is 2.35. The minimum absolute atomic E-state index is 0.790. The van der Waals surface area contributed by atoms with Crippen molar-refractivity contribution < 1.29 is 0 Å². The standard InChI is InChI=1S/C11H22N2S/c1-13-5-2-3-9(7-12)10-8-14-6-4-11(10)13/h9-11H,2-8,12H2,1H3. The number of nitrogens with zero attached hydrogens (tertiary/aromatic N) is 1. The van der Waals surface area contributed by atoms with E-state index in [2.05, 4.69) is 23.7 Å². The molecule has 3 atom stereocenters. The zero-order valence-corrected chi connectivity index (χ0v) is 9.93. The molecule has 0 spiro atoms. The molecule has 14 heavy (non-hydrogen) atoms. The highest BCUT2D eigenvalue weighted by Gasteiger charge is 2.35. The van der Waals surface area contributed by atoms with Gasteiger partial charge in [-0.15, -0.1) is 0 Å². The maximum atomic E-state index is 5.90. The SMILES string of the molecule is CN1CCCC(CN)C2CSCCC21. The molecule has 2 fully saturated rings. The molecule has 2 heterocycles. The Kier molecular flexibility index (Phi) is 3.74. The Morgan fingerprint density at radius 1 is 1.43 bits per heavy atom. The predicted molar refractivity (Wildman–Crippen MR) is 63.6 cm³/mol. The Labute approximate surface area is 91.6 Å². The zero-order valence-electron chi connectivity index (χ0n) is 9.11. The monoisotopic (exact) mass is 214 g/mol. The van der Waals surface area contributed by atoms with Gasteiger partial charge in [0.2, 0.25) is 0 Å². The summed E-state index contributed by atoms with van der Waals surface area (Å²) in [7, 11) is 2.30. The summed E-state index contributed by atoms with van der Waals surface area (Å²) in [6.45, 7) is 2.18. The van der Waals surface area contributed by atoms with Gasteiger partial charge in [-0.2, -0.15) is 11.8 Å². The highest BCUT2D eigenvalue weighted by molar-refractivity contribution is 7.99. The van der Waals surface area contributed by atoms with Crippen LogP contribution in [0.1, 0.15) is 19.3 Å². The van der Waals surface area contributed by atoms with Crippen LogP contribution < -0.4 is 5.73 Å². The van der Waals surface area contributed by atoms with Crippen LogP contribution in [0.15, 0.2) is 0 Å². The van der Waals surface area contributed by atoms with E-state index in [0.717, 1.165) is 24.4 Å². The first-order chi connectivity index (χ1) is 6.83. The number of fused-ring (bicyclic) bond motifs is 1. The second-order valence-corrected chi connectivity index (χ2v) is 5.86. The van der Waals surface area contributed by atoms with Crippen LogP contribution in [0, 0.1) is 11.8 Å². The fourth-order valence-electron chi connectivity index (χ4n) is 3.02. The average Bonchev–Trinajstić information content (AvgIpc) is 2.39. The lowest BCUT2D eigenvalue weighted by Gasteiger charge is -2.38. The molecule has 2 N–H and O–H groups in total. The summed E-state index contributed by atoms with van der Waals surface area (Å²) < 4.78 is 0. The van der Waals surface area contributed by atoms with Crippen LogP contribution in [0.3, 0.4) is 0 Å². The highest BCUT2D eigenvalue weighted by atomic mass is 32.2. The van der Waals surface area contributed by atoms with Crippen molar-refractivity contribution in [3.8, 4) is 0 Å². The van der Waals surface area contributed by atoms with Crippen molar-refractivity contribution in [1.82, 2.24) is 4.90 Å². The molecule has 2 nitrogen and oxygen atoms in total. The van der Waals surface area contributed by atoms with E-state index < -0.39 is 0 Å². The normalized spacial score (nSPS) is 40.3. The van der Waals surface area contributed by atoms with Crippen LogP contribution in [0.4, 0.5) is 0 Å². The third-order valence-corrected chi connectivity index (χ3v) is 5.07. The van der Waals surface area contributed by atoms with E-state index in [1.165, 1.54) is 37.3 Å². The largest absolute Gasteiger partial charge is 0.330 e. The smallest absolute Gasteiger partial charge is 0.0139 e. The van der Waals surface area contributed by atoms with Crippen molar-refractivity contribution in [1.29, 1.82) is 0 Å². The number of hydrogen-bond donors (Lipinski definition) is 1. The number of likely N-dealkylation sites (tertiary alicyclic amines) is 1. The Morgan fingerprint density at radius 3 is 3.07 bits per heavy atom. The molecule has 0 aliphatic carbocycles. The second-order valence-electron chi connectivity index (χ2n) is 4.71. The van der Waals surface area contributed by atoms with E-state index >= 15 is 0 Å². The molecule has 2 aliphatic heterocycles. The van der Waals surface area contributed by atoms with Crippen LogP contribution in [-0.2, 0) is 0 Å².